The third-order valence-corrected chi connectivity index (χ3v) is 3.47. The third kappa shape index (κ3) is 3.26. The van der Waals surface area contributed by atoms with Gasteiger partial charge >= 0.3 is 5.97 Å². The van der Waals surface area contributed by atoms with Gasteiger partial charge in [0, 0.05) is 0 Å². The summed E-state index contributed by atoms with van der Waals surface area (Å²) < 4.78 is 11.1. The zero-order chi connectivity index (χ0) is 16.2. The van der Waals surface area contributed by atoms with Crippen molar-refractivity contribution in [1.29, 1.82) is 0 Å². The third-order valence-electron chi connectivity index (χ3n) is 3.47. The SMILES string of the molecule is O=C(NC(C(=O)O)c1ccccc1)C1COc2ccccc2O1. The fraction of sp³-hybridized carbons (Fsp3) is 0.176. The molecule has 0 aromatic heterocycles. The van der Waals surface area contributed by atoms with Gasteiger partial charge in [-0.15, -0.1) is 0 Å². The van der Waals surface area contributed by atoms with E-state index >= 15 is 0 Å². The molecule has 2 atom stereocenters. The van der Waals surface area contributed by atoms with Gasteiger partial charge in [-0.2, -0.15) is 0 Å². The van der Waals surface area contributed by atoms with Crippen molar-refractivity contribution < 1.29 is 24.2 Å². The van der Waals surface area contributed by atoms with Gasteiger partial charge in [0.15, 0.2) is 17.5 Å². The van der Waals surface area contributed by atoms with Gasteiger partial charge < -0.3 is 19.9 Å². The average Bonchev–Trinajstić information content (AvgIpc) is 2.59. The lowest BCUT2D eigenvalue weighted by atomic mass is 10.1. The highest BCUT2D eigenvalue weighted by atomic mass is 16.6. The number of carbonyl (C=O) groups excluding carboxylic acids is 1. The number of carboxylic acid groups (broad SMARTS) is 1. The van der Waals surface area contributed by atoms with Crippen LogP contribution in [0.5, 0.6) is 11.5 Å². The maximum absolute atomic E-state index is 12.3. The molecule has 2 aromatic rings. The van der Waals surface area contributed by atoms with Crippen LogP contribution < -0.4 is 14.8 Å². The fourth-order valence-electron chi connectivity index (χ4n) is 2.32. The fourth-order valence-corrected chi connectivity index (χ4v) is 2.32. The number of para-hydroxylation sites is 2. The summed E-state index contributed by atoms with van der Waals surface area (Å²) in [5, 5.41) is 11.8. The number of hydrogen-bond donors (Lipinski definition) is 2. The molecule has 1 aliphatic heterocycles. The van der Waals surface area contributed by atoms with E-state index < -0.39 is 24.0 Å². The van der Waals surface area contributed by atoms with Gasteiger partial charge in [-0.05, 0) is 17.7 Å². The van der Waals surface area contributed by atoms with Gasteiger partial charge in [0.05, 0.1) is 0 Å². The van der Waals surface area contributed by atoms with Gasteiger partial charge in [0.25, 0.3) is 5.91 Å². The second-order valence-electron chi connectivity index (χ2n) is 5.05. The van der Waals surface area contributed by atoms with E-state index in [-0.39, 0.29) is 6.61 Å². The highest BCUT2D eigenvalue weighted by molar-refractivity contribution is 5.87. The molecular weight excluding hydrogens is 298 g/mol. The minimum absolute atomic E-state index is 0.0317. The molecule has 0 saturated heterocycles. The Morgan fingerprint density at radius 2 is 1.70 bits per heavy atom. The van der Waals surface area contributed by atoms with Gasteiger partial charge in [-0.25, -0.2) is 4.79 Å². The van der Waals surface area contributed by atoms with E-state index in [0.717, 1.165) is 0 Å². The predicted octanol–water partition coefficient (Wildman–Crippen LogP) is 1.77. The number of fused-ring (bicyclic) bond motifs is 1. The molecule has 1 aliphatic rings. The summed E-state index contributed by atoms with van der Waals surface area (Å²) >= 11 is 0. The Morgan fingerprint density at radius 3 is 2.39 bits per heavy atom. The van der Waals surface area contributed by atoms with Gasteiger partial charge in [-0.1, -0.05) is 42.5 Å². The molecule has 118 valence electrons. The van der Waals surface area contributed by atoms with Gasteiger partial charge in [0.2, 0.25) is 6.10 Å². The van der Waals surface area contributed by atoms with Crippen LogP contribution in [0.25, 0.3) is 0 Å². The topological polar surface area (TPSA) is 84.9 Å². The monoisotopic (exact) mass is 313 g/mol. The standard InChI is InChI=1S/C17H15NO5/c19-16(14-10-22-12-8-4-5-9-13(12)23-14)18-15(17(20)21)11-6-2-1-3-7-11/h1-9,14-15H,10H2,(H,18,19)(H,20,21). The summed E-state index contributed by atoms with van der Waals surface area (Å²) in [6.07, 6.45) is -0.893. The highest BCUT2D eigenvalue weighted by Crippen LogP contribution is 2.31. The van der Waals surface area contributed by atoms with E-state index in [1.807, 2.05) is 0 Å². The smallest absolute Gasteiger partial charge is 0.330 e. The number of rotatable bonds is 4. The Balaban J connectivity index is 1.72. The van der Waals surface area contributed by atoms with E-state index in [1.165, 1.54) is 0 Å². The van der Waals surface area contributed by atoms with Crippen molar-refractivity contribution in [3.8, 4) is 11.5 Å². The molecular formula is C17H15NO5. The zero-order valence-electron chi connectivity index (χ0n) is 12.1. The van der Waals surface area contributed by atoms with Crippen LogP contribution in [0.4, 0.5) is 0 Å². The van der Waals surface area contributed by atoms with Crippen molar-refractivity contribution in [2.45, 2.75) is 12.1 Å². The molecule has 0 aliphatic carbocycles. The van der Waals surface area contributed by atoms with Crippen molar-refractivity contribution >= 4 is 11.9 Å². The molecule has 2 N–H and O–H groups in total. The molecule has 0 spiro atoms. The Bertz CT molecular complexity index is 716. The average molecular weight is 313 g/mol. The Kier molecular flexibility index (Phi) is 4.14. The molecule has 6 heteroatoms. The first kappa shape index (κ1) is 14.9. The molecule has 0 saturated carbocycles. The normalized spacial score (nSPS) is 17.1. The first-order valence-corrected chi connectivity index (χ1v) is 7.12. The van der Waals surface area contributed by atoms with Crippen LogP contribution in [0.15, 0.2) is 54.6 Å². The van der Waals surface area contributed by atoms with E-state index in [9.17, 15) is 14.7 Å². The Labute approximate surface area is 132 Å². The largest absolute Gasteiger partial charge is 0.485 e. The highest BCUT2D eigenvalue weighted by Gasteiger charge is 2.31. The van der Waals surface area contributed by atoms with Crippen molar-refractivity contribution in [3.63, 3.8) is 0 Å². The Hall–Kier alpha value is -3.02. The number of hydrogen-bond acceptors (Lipinski definition) is 4. The number of amides is 1. The number of aliphatic carboxylic acids is 1. The molecule has 6 nitrogen and oxygen atoms in total. The van der Waals surface area contributed by atoms with E-state index in [2.05, 4.69) is 5.32 Å². The molecule has 3 rings (SSSR count). The van der Waals surface area contributed by atoms with Crippen LogP contribution in [0.3, 0.4) is 0 Å². The van der Waals surface area contributed by atoms with Crippen molar-refractivity contribution in [3.05, 3.63) is 60.2 Å². The first-order valence-electron chi connectivity index (χ1n) is 7.12. The summed E-state index contributed by atoms with van der Waals surface area (Å²) in [5.41, 5.74) is 0.491. The number of ether oxygens (including phenoxy) is 2. The van der Waals surface area contributed by atoms with Crippen LogP contribution in [-0.4, -0.2) is 29.7 Å². The molecule has 0 fully saturated rings. The summed E-state index contributed by atoms with van der Waals surface area (Å²) in [4.78, 5) is 23.7. The maximum atomic E-state index is 12.3. The number of nitrogens with one attached hydrogen (secondary N) is 1. The van der Waals surface area contributed by atoms with Crippen molar-refractivity contribution in [2.75, 3.05) is 6.61 Å². The van der Waals surface area contributed by atoms with Gasteiger partial charge in [0.1, 0.15) is 6.61 Å². The molecule has 2 unspecified atom stereocenters. The maximum Gasteiger partial charge on any atom is 0.330 e. The van der Waals surface area contributed by atoms with Crippen LogP contribution in [0.2, 0.25) is 0 Å². The second-order valence-corrected chi connectivity index (χ2v) is 5.05. The molecule has 1 heterocycles. The molecule has 2 aromatic carbocycles. The molecule has 0 bridgehead atoms. The lowest BCUT2D eigenvalue weighted by Gasteiger charge is -2.26. The van der Waals surface area contributed by atoms with Crippen LogP contribution in [0, 0.1) is 0 Å². The minimum Gasteiger partial charge on any atom is -0.485 e. The van der Waals surface area contributed by atoms with Gasteiger partial charge in [-0.3, -0.25) is 4.79 Å². The summed E-state index contributed by atoms with van der Waals surface area (Å²) in [6, 6.07) is 14.4. The molecule has 23 heavy (non-hydrogen) atoms. The summed E-state index contributed by atoms with van der Waals surface area (Å²) in [5.74, 6) is -0.641. The van der Waals surface area contributed by atoms with Crippen molar-refractivity contribution in [2.24, 2.45) is 0 Å². The molecule has 0 radical (unpaired) electrons. The second kappa shape index (κ2) is 6.39. The molecule has 1 amide bonds. The Morgan fingerprint density at radius 1 is 1.04 bits per heavy atom. The van der Waals surface area contributed by atoms with Crippen LogP contribution in [-0.2, 0) is 9.59 Å². The number of carbonyl (C=O) groups is 2. The number of carboxylic acids is 1. The van der Waals surface area contributed by atoms with Crippen LogP contribution >= 0.6 is 0 Å². The van der Waals surface area contributed by atoms with E-state index in [0.29, 0.717) is 17.1 Å². The lowest BCUT2D eigenvalue weighted by Crippen LogP contribution is -2.46. The zero-order valence-corrected chi connectivity index (χ0v) is 12.1. The van der Waals surface area contributed by atoms with Crippen LogP contribution in [0.1, 0.15) is 11.6 Å². The quantitative estimate of drug-likeness (QED) is 0.898. The summed E-state index contributed by atoms with van der Waals surface area (Å²) in [7, 11) is 0. The van der Waals surface area contributed by atoms with Crippen molar-refractivity contribution in [1.82, 2.24) is 5.32 Å². The number of benzene rings is 2. The summed E-state index contributed by atoms with van der Waals surface area (Å²) in [6.45, 7) is 0.0317. The lowest BCUT2D eigenvalue weighted by molar-refractivity contribution is -0.143. The van der Waals surface area contributed by atoms with E-state index in [1.54, 1.807) is 54.6 Å². The minimum atomic E-state index is -1.14. The van der Waals surface area contributed by atoms with E-state index in [4.69, 9.17) is 9.47 Å². The first-order chi connectivity index (χ1) is 11.1. The predicted molar refractivity (Wildman–Crippen MR) is 81.3 cm³/mol.